The summed E-state index contributed by atoms with van der Waals surface area (Å²) in [7, 11) is 1.88. The molecular weight excluding hydrogens is 294 g/mol. The van der Waals surface area contributed by atoms with E-state index < -0.39 is 0 Å². The summed E-state index contributed by atoms with van der Waals surface area (Å²) in [5.41, 5.74) is 3.28. The number of aryl methyl sites for hydroxylation is 1. The van der Waals surface area contributed by atoms with Crippen LogP contribution in [0, 0.1) is 12.8 Å². The Balaban J connectivity index is 1.63. The van der Waals surface area contributed by atoms with Crippen LogP contribution in [0.5, 0.6) is 0 Å². The van der Waals surface area contributed by atoms with Crippen molar-refractivity contribution in [1.29, 1.82) is 0 Å². The van der Waals surface area contributed by atoms with E-state index in [4.69, 9.17) is 16.7 Å². The monoisotopic (exact) mass is 313 g/mol. The van der Waals surface area contributed by atoms with Crippen molar-refractivity contribution in [3.05, 3.63) is 41.6 Å². The number of rotatable bonds is 2. The Kier molecular flexibility index (Phi) is 3.18. The number of hydrogen-bond acceptors (Lipinski definition) is 3. The zero-order valence-electron chi connectivity index (χ0n) is 12.7. The smallest absolute Gasteiger partial charge is 0.169 e. The van der Waals surface area contributed by atoms with Crippen LogP contribution < -0.4 is 5.32 Å². The SMILES string of the molecule is CNC(=S)N1[C@@H](c2cc(-c3cccc(C)c3)on2)C[C@H]2C[C@H]21. The lowest BCUT2D eigenvalue weighted by atomic mass is 10.1. The first-order chi connectivity index (χ1) is 10.7. The summed E-state index contributed by atoms with van der Waals surface area (Å²) in [4.78, 5) is 2.30. The molecule has 5 heteroatoms. The average molecular weight is 313 g/mol. The lowest BCUT2D eigenvalue weighted by Crippen LogP contribution is -2.39. The highest BCUT2D eigenvalue weighted by molar-refractivity contribution is 7.80. The maximum absolute atomic E-state index is 5.59. The van der Waals surface area contributed by atoms with Crippen molar-refractivity contribution < 1.29 is 4.52 Å². The van der Waals surface area contributed by atoms with Crippen LogP contribution in [-0.2, 0) is 0 Å². The summed E-state index contributed by atoms with van der Waals surface area (Å²) in [5, 5.41) is 8.25. The van der Waals surface area contributed by atoms with Crippen LogP contribution in [0.4, 0.5) is 0 Å². The predicted octanol–water partition coefficient (Wildman–Crippen LogP) is 3.29. The van der Waals surface area contributed by atoms with E-state index in [1.54, 1.807) is 0 Å². The molecule has 1 aromatic heterocycles. The topological polar surface area (TPSA) is 41.3 Å². The van der Waals surface area contributed by atoms with E-state index in [-0.39, 0.29) is 6.04 Å². The second-order valence-electron chi connectivity index (χ2n) is 6.26. The number of likely N-dealkylation sites (tertiary alicyclic amines) is 1. The van der Waals surface area contributed by atoms with Gasteiger partial charge in [-0.15, -0.1) is 0 Å². The van der Waals surface area contributed by atoms with E-state index in [1.807, 2.05) is 13.1 Å². The first kappa shape index (κ1) is 13.8. The molecule has 2 aromatic rings. The van der Waals surface area contributed by atoms with E-state index in [1.165, 1.54) is 12.0 Å². The first-order valence-electron chi connectivity index (χ1n) is 7.71. The van der Waals surface area contributed by atoms with Gasteiger partial charge in [0.15, 0.2) is 10.9 Å². The highest BCUT2D eigenvalue weighted by Gasteiger charge is 2.53. The maximum Gasteiger partial charge on any atom is 0.169 e. The second-order valence-corrected chi connectivity index (χ2v) is 6.65. The van der Waals surface area contributed by atoms with Crippen molar-refractivity contribution >= 4 is 17.3 Å². The molecule has 3 atom stereocenters. The number of piperidine rings is 1. The van der Waals surface area contributed by atoms with Gasteiger partial charge in [-0.3, -0.25) is 0 Å². The first-order valence-corrected chi connectivity index (χ1v) is 8.12. The molecule has 0 spiro atoms. The molecule has 2 aliphatic rings. The van der Waals surface area contributed by atoms with Crippen molar-refractivity contribution in [2.75, 3.05) is 7.05 Å². The average Bonchev–Trinajstić information content (AvgIpc) is 2.98. The molecule has 1 aliphatic carbocycles. The fourth-order valence-electron chi connectivity index (χ4n) is 3.52. The lowest BCUT2D eigenvalue weighted by molar-refractivity contribution is 0.320. The standard InChI is InChI=1S/C17H19N3OS/c1-10-4-3-5-11(6-10)16-9-13(19-21-16)15-8-12-7-14(12)20(15)17(22)18-2/h3-6,9,12,14-15H,7-8H2,1-2H3,(H,18,22)/t12-,14-,15-/m1/s1. The van der Waals surface area contributed by atoms with Crippen molar-refractivity contribution in [1.82, 2.24) is 15.4 Å². The molecule has 1 aromatic carbocycles. The fraction of sp³-hybridized carbons (Fsp3) is 0.412. The van der Waals surface area contributed by atoms with Crippen molar-refractivity contribution in [3.8, 4) is 11.3 Å². The molecule has 114 valence electrons. The van der Waals surface area contributed by atoms with Gasteiger partial charge in [-0.1, -0.05) is 28.9 Å². The van der Waals surface area contributed by atoms with Crippen LogP contribution in [-0.4, -0.2) is 28.3 Å². The molecule has 4 rings (SSSR count). The van der Waals surface area contributed by atoms with Crippen LogP contribution in [0.3, 0.4) is 0 Å². The van der Waals surface area contributed by atoms with E-state index in [0.717, 1.165) is 34.5 Å². The van der Waals surface area contributed by atoms with Gasteiger partial charge in [0.05, 0.1) is 6.04 Å². The molecule has 22 heavy (non-hydrogen) atoms. The Morgan fingerprint density at radius 1 is 1.36 bits per heavy atom. The molecule has 1 saturated heterocycles. The molecule has 1 saturated carbocycles. The predicted molar refractivity (Wildman–Crippen MR) is 89.4 cm³/mol. The van der Waals surface area contributed by atoms with Gasteiger partial charge in [0.1, 0.15) is 5.69 Å². The fourth-order valence-corrected chi connectivity index (χ4v) is 3.78. The molecule has 2 heterocycles. The Labute approximate surface area is 135 Å². The zero-order chi connectivity index (χ0) is 15.3. The van der Waals surface area contributed by atoms with Gasteiger partial charge < -0.3 is 14.7 Å². The number of fused-ring (bicyclic) bond motifs is 1. The molecule has 0 amide bonds. The molecule has 1 aliphatic heterocycles. The van der Waals surface area contributed by atoms with Gasteiger partial charge >= 0.3 is 0 Å². The Hall–Kier alpha value is -1.88. The molecule has 4 nitrogen and oxygen atoms in total. The van der Waals surface area contributed by atoms with Crippen molar-refractivity contribution in [2.24, 2.45) is 5.92 Å². The minimum atomic E-state index is 0.242. The summed E-state index contributed by atoms with van der Waals surface area (Å²) in [6.07, 6.45) is 2.37. The van der Waals surface area contributed by atoms with Crippen LogP contribution in [0.1, 0.15) is 30.1 Å². The van der Waals surface area contributed by atoms with Gasteiger partial charge in [0.25, 0.3) is 0 Å². The van der Waals surface area contributed by atoms with Gasteiger partial charge in [0, 0.05) is 24.7 Å². The Morgan fingerprint density at radius 3 is 3.00 bits per heavy atom. The number of benzene rings is 1. The largest absolute Gasteiger partial charge is 0.366 e. The van der Waals surface area contributed by atoms with Crippen LogP contribution in [0.25, 0.3) is 11.3 Å². The summed E-state index contributed by atoms with van der Waals surface area (Å²) in [6.45, 7) is 2.08. The Bertz CT molecular complexity index is 726. The molecular formula is C17H19N3OS. The quantitative estimate of drug-likeness (QED) is 0.862. The van der Waals surface area contributed by atoms with Gasteiger partial charge in [-0.05, 0) is 44.0 Å². The van der Waals surface area contributed by atoms with Gasteiger partial charge in [-0.2, -0.15) is 0 Å². The van der Waals surface area contributed by atoms with E-state index in [2.05, 4.69) is 46.6 Å². The highest BCUT2D eigenvalue weighted by Crippen LogP contribution is 2.53. The third kappa shape index (κ3) is 2.20. The number of aromatic nitrogens is 1. The molecule has 0 unspecified atom stereocenters. The number of nitrogens with zero attached hydrogens (tertiary/aromatic N) is 2. The third-order valence-corrected chi connectivity index (χ3v) is 5.14. The number of thiocarbonyl (C=S) groups is 1. The van der Waals surface area contributed by atoms with Gasteiger partial charge in [-0.25, -0.2) is 0 Å². The third-order valence-electron chi connectivity index (χ3n) is 4.73. The summed E-state index contributed by atoms with van der Waals surface area (Å²) < 4.78 is 5.59. The van der Waals surface area contributed by atoms with Crippen LogP contribution in [0.2, 0.25) is 0 Å². The maximum atomic E-state index is 5.59. The van der Waals surface area contributed by atoms with Crippen molar-refractivity contribution in [3.63, 3.8) is 0 Å². The minimum absolute atomic E-state index is 0.242. The highest BCUT2D eigenvalue weighted by atomic mass is 32.1. The van der Waals surface area contributed by atoms with E-state index >= 15 is 0 Å². The molecule has 0 bridgehead atoms. The normalized spacial score (nSPS) is 25.9. The van der Waals surface area contributed by atoms with E-state index in [9.17, 15) is 0 Å². The number of nitrogens with one attached hydrogen (secondary N) is 1. The zero-order valence-corrected chi connectivity index (χ0v) is 13.6. The summed E-state index contributed by atoms with van der Waals surface area (Å²) in [5.74, 6) is 1.59. The minimum Gasteiger partial charge on any atom is -0.366 e. The van der Waals surface area contributed by atoms with E-state index in [0.29, 0.717) is 6.04 Å². The Morgan fingerprint density at radius 2 is 2.23 bits per heavy atom. The van der Waals surface area contributed by atoms with Crippen LogP contribution >= 0.6 is 12.2 Å². The molecule has 1 N–H and O–H groups in total. The summed E-state index contributed by atoms with van der Waals surface area (Å²) >= 11 is 5.47. The second kappa shape index (κ2) is 5.09. The van der Waals surface area contributed by atoms with Gasteiger partial charge in [0.2, 0.25) is 0 Å². The van der Waals surface area contributed by atoms with Crippen LogP contribution in [0.15, 0.2) is 34.9 Å². The lowest BCUT2D eigenvalue weighted by Gasteiger charge is -2.28. The molecule has 0 radical (unpaired) electrons. The van der Waals surface area contributed by atoms with Crippen molar-refractivity contribution in [2.45, 2.75) is 31.8 Å². The number of hydrogen-bond donors (Lipinski definition) is 1. The summed E-state index contributed by atoms with van der Waals surface area (Å²) in [6, 6.07) is 11.2. The molecule has 2 fully saturated rings.